The van der Waals surface area contributed by atoms with E-state index in [0.717, 1.165) is 0 Å². The number of nitrogen functional groups attached to an aromatic ring is 2. The normalized spacial score (nSPS) is 13.6. The maximum Gasteiger partial charge on any atom is 0.368 e. The van der Waals surface area contributed by atoms with Crippen molar-refractivity contribution in [2.75, 3.05) is 11.5 Å². The largest absolute Gasteiger partial charge is 0.399 e. The fourth-order valence-electron chi connectivity index (χ4n) is 1.91. The first-order valence-electron chi connectivity index (χ1n) is 6.25. The van der Waals surface area contributed by atoms with E-state index < -0.39 is 12.1 Å². The van der Waals surface area contributed by atoms with E-state index in [9.17, 15) is 9.59 Å². The fraction of sp³-hybridized carbons (Fsp3) is 0. The molecule has 0 aromatic heterocycles. The number of hydrogen-bond acceptors (Lipinski definition) is 4. The van der Waals surface area contributed by atoms with E-state index in [2.05, 4.69) is 20.0 Å². The SMILES string of the molecule is Nc1ccc2c(c1)=NC(=O)N=2.Nc1ccc2c(c1)=NC(=O)N=2. The lowest BCUT2D eigenvalue weighted by Gasteiger charge is -1.85. The molecule has 0 atom stereocenters. The molecule has 0 saturated carbocycles. The summed E-state index contributed by atoms with van der Waals surface area (Å²) in [5.41, 5.74) is 12.1. The van der Waals surface area contributed by atoms with Crippen molar-refractivity contribution in [2.24, 2.45) is 20.0 Å². The van der Waals surface area contributed by atoms with Crippen LogP contribution >= 0.6 is 0 Å². The highest BCUT2D eigenvalue weighted by Gasteiger charge is 2.04. The standard InChI is InChI=1S/2C7H5N3O/c2*8-4-1-2-5-6(3-4)10-7(11)9-5/h2*1-3H,8H2. The Morgan fingerprint density at radius 2 is 0.955 bits per heavy atom. The fourth-order valence-corrected chi connectivity index (χ4v) is 1.91. The van der Waals surface area contributed by atoms with Gasteiger partial charge in [-0.1, -0.05) is 0 Å². The molecule has 0 saturated heterocycles. The Kier molecular flexibility index (Phi) is 3.18. The zero-order chi connectivity index (χ0) is 15.7. The Morgan fingerprint density at radius 3 is 1.36 bits per heavy atom. The summed E-state index contributed by atoms with van der Waals surface area (Å²) in [6.07, 6.45) is 0. The number of rotatable bonds is 0. The summed E-state index contributed by atoms with van der Waals surface area (Å²) in [6, 6.07) is 9.09. The summed E-state index contributed by atoms with van der Waals surface area (Å²) in [6.45, 7) is 0. The molecule has 22 heavy (non-hydrogen) atoms. The van der Waals surface area contributed by atoms with E-state index in [1.54, 1.807) is 36.4 Å². The molecule has 0 aliphatic carbocycles. The van der Waals surface area contributed by atoms with Crippen LogP contribution in [0.1, 0.15) is 0 Å². The van der Waals surface area contributed by atoms with Gasteiger partial charge in [0.15, 0.2) is 0 Å². The summed E-state index contributed by atoms with van der Waals surface area (Å²) in [4.78, 5) is 35.8. The molecule has 2 aliphatic rings. The van der Waals surface area contributed by atoms with Gasteiger partial charge >= 0.3 is 12.1 Å². The molecule has 108 valence electrons. The molecule has 2 aliphatic heterocycles. The summed E-state index contributed by atoms with van der Waals surface area (Å²) < 4.78 is 0. The van der Waals surface area contributed by atoms with Crippen molar-refractivity contribution >= 4 is 23.4 Å². The average molecular weight is 294 g/mol. The lowest BCUT2D eigenvalue weighted by Crippen LogP contribution is -2.21. The number of nitrogens with two attached hydrogens (primary N) is 2. The first-order chi connectivity index (χ1) is 10.5. The lowest BCUT2D eigenvalue weighted by atomic mass is 10.3. The summed E-state index contributed by atoms with van der Waals surface area (Å²) in [5, 5.41) is 2.33. The molecular weight excluding hydrogens is 284 g/mol. The topological polar surface area (TPSA) is 136 Å². The van der Waals surface area contributed by atoms with Gasteiger partial charge < -0.3 is 11.5 Å². The Hall–Kier alpha value is -3.42. The third-order valence-electron chi connectivity index (χ3n) is 2.86. The van der Waals surface area contributed by atoms with Crippen LogP contribution in [0.3, 0.4) is 0 Å². The zero-order valence-corrected chi connectivity index (χ0v) is 11.2. The third-order valence-corrected chi connectivity index (χ3v) is 2.86. The predicted molar refractivity (Wildman–Crippen MR) is 77.1 cm³/mol. The highest BCUT2D eigenvalue weighted by atomic mass is 16.2. The number of hydrogen-bond donors (Lipinski definition) is 2. The van der Waals surface area contributed by atoms with Crippen molar-refractivity contribution < 1.29 is 9.59 Å². The van der Waals surface area contributed by atoms with Crippen molar-refractivity contribution in [3.05, 3.63) is 57.8 Å². The van der Waals surface area contributed by atoms with Crippen molar-refractivity contribution in [3.63, 3.8) is 0 Å². The van der Waals surface area contributed by atoms with Gasteiger partial charge in [0, 0.05) is 11.4 Å². The zero-order valence-electron chi connectivity index (χ0n) is 11.2. The monoisotopic (exact) mass is 294 g/mol. The molecule has 0 spiro atoms. The first kappa shape index (κ1) is 13.6. The summed E-state index contributed by atoms with van der Waals surface area (Å²) in [7, 11) is 0. The van der Waals surface area contributed by atoms with Crippen LogP contribution in [-0.2, 0) is 0 Å². The van der Waals surface area contributed by atoms with Gasteiger partial charge in [-0.15, -0.1) is 0 Å². The Balaban J connectivity index is 0.000000131. The van der Waals surface area contributed by atoms with E-state index in [4.69, 9.17) is 11.5 Å². The third kappa shape index (κ3) is 2.70. The number of nitrogens with zero attached hydrogens (tertiary/aromatic N) is 4. The molecule has 2 aromatic rings. The van der Waals surface area contributed by atoms with Crippen LogP contribution < -0.4 is 32.9 Å². The minimum absolute atomic E-state index is 0.453. The minimum Gasteiger partial charge on any atom is -0.399 e. The Labute approximate surface area is 123 Å². The van der Waals surface area contributed by atoms with Gasteiger partial charge in [0.05, 0.1) is 21.4 Å². The van der Waals surface area contributed by atoms with Crippen LogP contribution in [0.2, 0.25) is 0 Å². The van der Waals surface area contributed by atoms with Crippen molar-refractivity contribution in [1.82, 2.24) is 0 Å². The van der Waals surface area contributed by atoms with Gasteiger partial charge in [-0.2, -0.15) is 20.0 Å². The molecule has 8 heteroatoms. The average Bonchev–Trinajstić information content (AvgIpc) is 2.99. The maximum absolute atomic E-state index is 10.6. The van der Waals surface area contributed by atoms with E-state index in [0.29, 0.717) is 32.8 Å². The van der Waals surface area contributed by atoms with E-state index in [-0.39, 0.29) is 0 Å². The van der Waals surface area contributed by atoms with Gasteiger partial charge in [-0.3, -0.25) is 0 Å². The Bertz CT molecular complexity index is 956. The van der Waals surface area contributed by atoms with Gasteiger partial charge in [0.1, 0.15) is 0 Å². The smallest absolute Gasteiger partial charge is 0.368 e. The summed E-state index contributed by atoms with van der Waals surface area (Å²) in [5.74, 6) is 0. The number of fused-ring (bicyclic) bond motifs is 2. The van der Waals surface area contributed by atoms with Crippen molar-refractivity contribution in [1.29, 1.82) is 0 Å². The van der Waals surface area contributed by atoms with Crippen LogP contribution in [-0.4, -0.2) is 12.1 Å². The first-order valence-corrected chi connectivity index (χ1v) is 6.25. The number of anilines is 2. The predicted octanol–water partition coefficient (Wildman–Crippen LogP) is -0.717. The molecule has 0 unspecified atom stereocenters. The Morgan fingerprint density at radius 1 is 0.591 bits per heavy atom. The number of carbonyl (C=O) groups is 2. The van der Waals surface area contributed by atoms with Crippen LogP contribution in [0, 0.1) is 0 Å². The molecule has 4 N–H and O–H groups in total. The molecule has 0 fully saturated rings. The van der Waals surface area contributed by atoms with Gasteiger partial charge in [0.2, 0.25) is 0 Å². The number of benzene rings is 2. The number of carbonyl (C=O) groups excluding carboxylic acids is 2. The van der Waals surface area contributed by atoms with E-state index >= 15 is 0 Å². The van der Waals surface area contributed by atoms with E-state index in [1.807, 2.05) is 0 Å². The molecule has 2 aromatic carbocycles. The van der Waals surface area contributed by atoms with Crippen molar-refractivity contribution in [3.8, 4) is 0 Å². The van der Waals surface area contributed by atoms with Gasteiger partial charge in [-0.25, -0.2) is 9.59 Å². The van der Waals surface area contributed by atoms with Crippen LogP contribution in [0.25, 0.3) is 0 Å². The molecule has 4 rings (SSSR count). The van der Waals surface area contributed by atoms with Crippen molar-refractivity contribution in [2.45, 2.75) is 0 Å². The van der Waals surface area contributed by atoms with Crippen LogP contribution in [0.15, 0.2) is 56.4 Å². The summed E-state index contributed by atoms with van der Waals surface area (Å²) >= 11 is 0. The molecule has 2 heterocycles. The highest BCUT2D eigenvalue weighted by Crippen LogP contribution is 1.93. The quantitative estimate of drug-likeness (QED) is 0.620. The van der Waals surface area contributed by atoms with Crippen LogP contribution in [0.4, 0.5) is 21.0 Å². The second-order valence-corrected chi connectivity index (χ2v) is 4.51. The number of amides is 4. The second kappa shape index (κ2) is 5.17. The molecule has 0 bridgehead atoms. The van der Waals surface area contributed by atoms with Gasteiger partial charge in [-0.05, 0) is 36.4 Å². The minimum atomic E-state index is -0.453. The lowest BCUT2D eigenvalue weighted by molar-refractivity contribution is 0.256. The highest BCUT2D eigenvalue weighted by molar-refractivity contribution is 5.78. The van der Waals surface area contributed by atoms with E-state index in [1.165, 1.54) is 0 Å². The molecule has 8 nitrogen and oxygen atoms in total. The molecule has 4 amide bonds. The molecule has 0 radical (unpaired) electrons. The van der Waals surface area contributed by atoms with Crippen LogP contribution in [0.5, 0.6) is 0 Å². The number of urea groups is 2. The second-order valence-electron chi connectivity index (χ2n) is 4.51. The van der Waals surface area contributed by atoms with Gasteiger partial charge in [0.25, 0.3) is 0 Å². The molecular formula is C14H10N6O2. The maximum atomic E-state index is 10.6.